The number of likely N-dealkylation sites (N-methyl/N-ethyl adjacent to an activating group) is 1. The molecule has 2 saturated heterocycles. The summed E-state index contributed by atoms with van der Waals surface area (Å²) in [7, 11) is 0.153. The molecule has 4 atom stereocenters. The molecule has 0 unspecified atom stereocenters. The first-order valence-electron chi connectivity index (χ1n) is 27.1. The molecule has 6 bridgehead atoms. The number of phenols is 1. The molecule has 79 heavy (non-hydrogen) atoms. The number of amides is 3. The molecule has 3 aliphatic heterocycles. The molecule has 6 aromatic rings. The number of nitrogens with zero attached hydrogens (tertiary/aromatic N) is 5. The number of phenolic OH excluding ortho intramolecular Hbond substituents is 1. The van der Waals surface area contributed by atoms with Gasteiger partial charge in [-0.3, -0.25) is 34.1 Å². The number of benzene rings is 3. The molecule has 3 N–H and O–H groups in total. The van der Waals surface area contributed by atoms with E-state index in [-0.39, 0.29) is 42.6 Å². The van der Waals surface area contributed by atoms with E-state index in [0.29, 0.717) is 73.4 Å². The number of ether oxygens (including phenoxy) is 2. The Morgan fingerprint density at radius 2 is 1.73 bits per heavy atom. The van der Waals surface area contributed by atoms with Crippen molar-refractivity contribution in [2.45, 2.75) is 98.0 Å². The smallest absolute Gasteiger partial charge is 0.324 e. The number of carbonyl (C=O) groups excluding carboxylic acids is 4. The molecule has 3 aromatic heterocycles. The second kappa shape index (κ2) is 23.6. The summed E-state index contributed by atoms with van der Waals surface area (Å²) in [5.41, 5.74) is 10.9. The van der Waals surface area contributed by atoms with E-state index in [0.717, 1.165) is 38.9 Å². The molecular formula is C61H71N7O10S. The Labute approximate surface area is 462 Å². The molecule has 2 fully saturated rings. The monoisotopic (exact) mass is 1090 g/mol. The molecule has 18 heteroatoms. The maximum atomic E-state index is 14.9. The highest BCUT2D eigenvalue weighted by atomic mass is 32.2. The minimum Gasteiger partial charge on any atom is -0.508 e. The van der Waals surface area contributed by atoms with Crippen molar-refractivity contribution in [2.75, 3.05) is 58.4 Å². The molecule has 0 saturated carbocycles. The van der Waals surface area contributed by atoms with E-state index in [1.807, 2.05) is 74.2 Å². The number of hydrazine groups is 1. The molecule has 0 radical (unpaired) electrons. The summed E-state index contributed by atoms with van der Waals surface area (Å²) in [4.78, 5) is 66.5. The fraction of sp³-hybridized carbons (Fsp3) is 0.426. The molecule has 0 aliphatic carbocycles. The topological polar surface area (TPSA) is 206 Å². The average Bonchev–Trinajstić information content (AvgIpc) is 4.28. The average molecular weight is 1090 g/mol. The standard InChI is InChI=1S/C61H71N7O10S/c1-9-67-52-20-19-43-34-47(52)49(55(67)48-31-40(36-62-53(48)39(4)76-8)15-13-22-66-24-27-79(74,75)28-25-66)35-61(5,6)37-78-60(73)50-18-14-23-68(64-50)58(71)51(32-41-29-44(43)33-45(69)30-41)63-57(70)54(38(2)3)65(7)59(72)56-46(21-26-77-56)42-16-11-10-12-17-42/h10-12,16-17,19-21,26,29-31,33-34,36,38-39,50-51,54,64,69H,9,14,18,22-25,27-28,32,35,37H2,1-8H3,(H,63,70)/t39-,50-,51-,54-/m0/s1. The largest absolute Gasteiger partial charge is 0.508 e. The minimum atomic E-state index is -3.03. The van der Waals surface area contributed by atoms with Crippen LogP contribution in [0.2, 0.25) is 0 Å². The van der Waals surface area contributed by atoms with Crippen LogP contribution in [0.15, 0.2) is 95.7 Å². The second-order valence-corrected chi connectivity index (χ2v) is 24.4. The molecule has 3 amide bonds. The minimum absolute atomic E-state index is 0.0427. The lowest BCUT2D eigenvalue weighted by Crippen LogP contribution is -2.62. The number of carbonyl (C=O) groups is 4. The summed E-state index contributed by atoms with van der Waals surface area (Å²) in [6, 6.07) is 21.3. The Balaban J connectivity index is 1.12. The molecule has 3 aliphatic rings. The number of esters is 1. The Morgan fingerprint density at radius 1 is 0.975 bits per heavy atom. The van der Waals surface area contributed by atoms with Crippen LogP contribution in [0.4, 0.5) is 0 Å². The van der Waals surface area contributed by atoms with Gasteiger partial charge in [0.1, 0.15) is 23.9 Å². The quantitative estimate of drug-likeness (QED) is 0.0846. The van der Waals surface area contributed by atoms with Gasteiger partial charge in [-0.25, -0.2) is 13.8 Å². The lowest BCUT2D eigenvalue weighted by molar-refractivity contribution is -0.155. The zero-order chi connectivity index (χ0) is 56.3. The van der Waals surface area contributed by atoms with Gasteiger partial charge in [-0.15, -0.1) is 0 Å². The van der Waals surface area contributed by atoms with Gasteiger partial charge in [0.15, 0.2) is 15.6 Å². The van der Waals surface area contributed by atoms with Crippen LogP contribution in [-0.4, -0.2) is 138 Å². The van der Waals surface area contributed by atoms with Crippen LogP contribution in [0, 0.1) is 23.2 Å². The van der Waals surface area contributed by atoms with Crippen molar-refractivity contribution in [1.82, 2.24) is 35.1 Å². The van der Waals surface area contributed by atoms with Crippen LogP contribution in [0.3, 0.4) is 0 Å². The van der Waals surface area contributed by atoms with E-state index in [9.17, 15) is 32.7 Å². The van der Waals surface area contributed by atoms with Gasteiger partial charge in [0.25, 0.3) is 11.8 Å². The molecular weight excluding hydrogens is 1020 g/mol. The fourth-order valence-corrected chi connectivity index (χ4v) is 12.4. The van der Waals surface area contributed by atoms with Gasteiger partial charge in [-0.2, -0.15) is 0 Å². The first-order chi connectivity index (χ1) is 37.7. The zero-order valence-corrected chi connectivity index (χ0v) is 47.1. The first kappa shape index (κ1) is 56.4. The highest BCUT2D eigenvalue weighted by Crippen LogP contribution is 2.43. The lowest BCUT2D eigenvalue weighted by Gasteiger charge is -2.36. The van der Waals surface area contributed by atoms with Gasteiger partial charge in [-0.1, -0.05) is 82.0 Å². The Hall–Kier alpha value is -7.30. The number of furan rings is 1. The number of sulfone groups is 1. The Bertz CT molecular complexity index is 3430. The number of fused-ring (bicyclic) bond motifs is 6. The van der Waals surface area contributed by atoms with Gasteiger partial charge < -0.3 is 33.8 Å². The molecule has 0 spiro atoms. The van der Waals surface area contributed by atoms with Gasteiger partial charge >= 0.3 is 5.97 Å². The molecule has 9 rings (SSSR count). The second-order valence-electron chi connectivity index (χ2n) is 22.1. The number of nitrogens with one attached hydrogen (secondary N) is 2. The summed E-state index contributed by atoms with van der Waals surface area (Å²) < 4.78 is 44.3. The lowest BCUT2D eigenvalue weighted by atomic mass is 9.84. The predicted molar refractivity (Wildman–Crippen MR) is 302 cm³/mol. The van der Waals surface area contributed by atoms with E-state index >= 15 is 0 Å². The van der Waals surface area contributed by atoms with E-state index in [1.54, 1.807) is 38.6 Å². The third-order valence-corrected chi connectivity index (χ3v) is 16.9. The van der Waals surface area contributed by atoms with Gasteiger partial charge in [-0.05, 0) is 103 Å². The number of aromatic hydroxyl groups is 1. The molecule has 17 nitrogen and oxygen atoms in total. The van der Waals surface area contributed by atoms with Crippen LogP contribution in [0.25, 0.3) is 44.4 Å². The van der Waals surface area contributed by atoms with Crippen molar-refractivity contribution < 1.29 is 46.6 Å². The van der Waals surface area contributed by atoms with Gasteiger partial charge in [0.05, 0.1) is 48.4 Å². The predicted octanol–water partition coefficient (Wildman–Crippen LogP) is 7.59. The number of pyridine rings is 1. The van der Waals surface area contributed by atoms with Gasteiger partial charge in [0, 0.05) is 86.0 Å². The van der Waals surface area contributed by atoms with E-state index in [4.69, 9.17) is 18.9 Å². The number of methoxy groups -OCH3 is 1. The Kier molecular flexibility index (Phi) is 16.8. The zero-order valence-electron chi connectivity index (χ0n) is 46.3. The number of aromatic nitrogens is 2. The summed E-state index contributed by atoms with van der Waals surface area (Å²) in [6.45, 7) is 13.9. The van der Waals surface area contributed by atoms with Crippen molar-refractivity contribution in [1.29, 1.82) is 0 Å². The number of hydrogen-bond acceptors (Lipinski definition) is 13. The molecule has 3 aromatic carbocycles. The van der Waals surface area contributed by atoms with Crippen molar-refractivity contribution >= 4 is 44.4 Å². The first-order valence-corrected chi connectivity index (χ1v) is 28.9. The summed E-state index contributed by atoms with van der Waals surface area (Å²) in [5, 5.41) is 16.8. The van der Waals surface area contributed by atoms with Gasteiger partial charge in [0.2, 0.25) is 5.91 Å². The van der Waals surface area contributed by atoms with E-state index in [1.165, 1.54) is 16.2 Å². The van der Waals surface area contributed by atoms with Crippen molar-refractivity contribution in [3.8, 4) is 51.1 Å². The van der Waals surface area contributed by atoms with E-state index < -0.39 is 69.1 Å². The third-order valence-electron chi connectivity index (χ3n) is 15.3. The van der Waals surface area contributed by atoms with E-state index in [2.05, 4.69) is 60.1 Å². The fourth-order valence-electron chi connectivity index (χ4n) is 11.1. The SMILES string of the molecule is CCn1c(-c2cc(C#CCN3CCS(=O)(=O)CC3)cnc2[C@H](C)OC)c2c3cc(ccc31)-c1cc(O)cc(c1)C[C@H](NC(=O)[C@H](C(C)C)N(C)C(=O)c1occc1-c1ccccc1)C(=O)N1CCC[C@H](N1)C(=O)OCC(C)(C)C2. The summed E-state index contributed by atoms with van der Waals surface area (Å²) >= 11 is 0. The van der Waals surface area contributed by atoms with Crippen LogP contribution >= 0.6 is 0 Å². The van der Waals surface area contributed by atoms with Crippen LogP contribution in [0.1, 0.15) is 93.4 Å². The number of aryl methyl sites for hydroxylation is 1. The number of rotatable bonds is 11. The highest BCUT2D eigenvalue weighted by Gasteiger charge is 2.39. The summed E-state index contributed by atoms with van der Waals surface area (Å²) in [6.07, 6.45) is 4.06. The number of hydrogen-bond donors (Lipinski definition) is 3. The third kappa shape index (κ3) is 12.5. The maximum absolute atomic E-state index is 14.9. The highest BCUT2D eigenvalue weighted by molar-refractivity contribution is 7.91. The Morgan fingerprint density at radius 3 is 2.46 bits per heavy atom. The molecule has 416 valence electrons. The van der Waals surface area contributed by atoms with Crippen LogP contribution in [-0.2, 0) is 53.1 Å². The van der Waals surface area contributed by atoms with Crippen molar-refractivity contribution in [2.24, 2.45) is 11.3 Å². The van der Waals surface area contributed by atoms with Crippen molar-refractivity contribution in [3.05, 3.63) is 119 Å². The number of cyclic esters (lactones) is 1. The normalized spacial score (nSPS) is 19.4. The van der Waals surface area contributed by atoms with Crippen LogP contribution < -0.4 is 10.7 Å². The van der Waals surface area contributed by atoms with Crippen molar-refractivity contribution in [3.63, 3.8) is 0 Å². The summed E-state index contributed by atoms with van der Waals surface area (Å²) in [5.74, 6) is 4.31. The molecule has 6 heterocycles. The maximum Gasteiger partial charge on any atom is 0.324 e. The van der Waals surface area contributed by atoms with Crippen LogP contribution in [0.5, 0.6) is 5.75 Å².